The van der Waals surface area contributed by atoms with Gasteiger partial charge < -0.3 is 13.9 Å². The number of likely N-dealkylation sites (tertiary alicyclic amines) is 1. The third kappa shape index (κ3) is 4.95. The van der Waals surface area contributed by atoms with Crippen molar-refractivity contribution in [2.75, 3.05) is 6.54 Å². The number of halogens is 1. The van der Waals surface area contributed by atoms with E-state index in [1.807, 2.05) is 6.92 Å². The van der Waals surface area contributed by atoms with Gasteiger partial charge in [0.05, 0.1) is 5.02 Å². The number of carbonyl (C=O) groups is 2. The molecule has 7 nitrogen and oxygen atoms in total. The van der Waals surface area contributed by atoms with Crippen molar-refractivity contribution >= 4 is 34.6 Å². The lowest BCUT2D eigenvalue weighted by molar-refractivity contribution is -0.139. The van der Waals surface area contributed by atoms with Gasteiger partial charge in [0.25, 0.3) is 0 Å². The molecule has 1 atom stereocenters. The molecule has 3 rings (SSSR count). The van der Waals surface area contributed by atoms with Crippen molar-refractivity contribution in [3.63, 3.8) is 0 Å². The van der Waals surface area contributed by atoms with Crippen molar-refractivity contribution < 1.29 is 23.5 Å². The molecule has 162 valence electrons. The number of hydrogen-bond acceptors (Lipinski definition) is 6. The molecule has 8 heteroatoms. The van der Waals surface area contributed by atoms with Crippen LogP contribution in [0.2, 0.25) is 5.02 Å². The van der Waals surface area contributed by atoms with Crippen LogP contribution in [-0.2, 0) is 16.0 Å². The molecule has 1 aliphatic rings. The summed E-state index contributed by atoms with van der Waals surface area (Å²) in [4.78, 5) is 38.5. The predicted octanol–water partition coefficient (Wildman–Crippen LogP) is 4.70. The number of rotatable bonds is 4. The van der Waals surface area contributed by atoms with E-state index in [2.05, 4.69) is 0 Å². The van der Waals surface area contributed by atoms with Gasteiger partial charge in [-0.3, -0.25) is 4.90 Å². The highest BCUT2D eigenvalue weighted by Gasteiger charge is 2.38. The lowest BCUT2D eigenvalue weighted by atomic mass is 10.1. The monoisotopic (exact) mass is 435 g/mol. The van der Waals surface area contributed by atoms with Gasteiger partial charge in [0.15, 0.2) is 5.75 Å². The second-order valence-corrected chi connectivity index (χ2v) is 8.78. The number of aryl methyl sites for hydroxylation is 1. The summed E-state index contributed by atoms with van der Waals surface area (Å²) in [7, 11) is 0. The number of hydrogen-bond donors (Lipinski definition) is 0. The fourth-order valence-electron chi connectivity index (χ4n) is 3.51. The van der Waals surface area contributed by atoms with Crippen molar-refractivity contribution in [3.8, 4) is 5.75 Å². The number of benzene rings is 1. The molecule has 1 aliphatic heterocycles. The second-order valence-electron chi connectivity index (χ2n) is 8.37. The molecule has 0 unspecified atom stereocenters. The Labute approximate surface area is 179 Å². The maximum atomic E-state index is 12.8. The number of ether oxygens (including phenoxy) is 2. The molecule has 0 spiro atoms. The van der Waals surface area contributed by atoms with Crippen molar-refractivity contribution in [2.45, 2.75) is 65.0 Å². The van der Waals surface area contributed by atoms with Crippen LogP contribution in [0, 0.1) is 0 Å². The summed E-state index contributed by atoms with van der Waals surface area (Å²) in [5.41, 5.74) is -0.00907. The minimum Gasteiger partial charge on any atom is -0.444 e. The van der Waals surface area contributed by atoms with E-state index >= 15 is 0 Å². The Morgan fingerprint density at radius 2 is 2.00 bits per heavy atom. The van der Waals surface area contributed by atoms with E-state index in [9.17, 15) is 14.4 Å². The van der Waals surface area contributed by atoms with Gasteiger partial charge in [-0.1, -0.05) is 24.9 Å². The SMILES string of the molecule is CCCc1cc(=O)oc2cc(OC(=O)[C@@H]3CCCN3C(=O)OC(C)(C)C)c(Cl)cc12. The van der Waals surface area contributed by atoms with Crippen LogP contribution >= 0.6 is 11.6 Å². The normalized spacial score (nSPS) is 16.7. The number of carbonyl (C=O) groups excluding carboxylic acids is 2. The van der Waals surface area contributed by atoms with Crippen LogP contribution in [0.4, 0.5) is 4.79 Å². The Hall–Kier alpha value is -2.54. The first-order valence-corrected chi connectivity index (χ1v) is 10.4. The van der Waals surface area contributed by atoms with Gasteiger partial charge in [0, 0.05) is 24.1 Å². The molecule has 1 aromatic heterocycles. The van der Waals surface area contributed by atoms with E-state index < -0.39 is 29.3 Å². The van der Waals surface area contributed by atoms with Crippen molar-refractivity contribution in [3.05, 3.63) is 39.2 Å². The van der Waals surface area contributed by atoms with E-state index in [0.29, 0.717) is 36.8 Å². The Bertz CT molecular complexity index is 1020. The minimum atomic E-state index is -0.759. The molecule has 0 bridgehead atoms. The summed E-state index contributed by atoms with van der Waals surface area (Å²) in [5.74, 6) is -0.520. The van der Waals surface area contributed by atoms with Crippen molar-refractivity contribution in [2.24, 2.45) is 0 Å². The van der Waals surface area contributed by atoms with Crippen LogP contribution in [0.1, 0.15) is 52.5 Å². The number of esters is 1. The molecule has 0 N–H and O–H groups in total. The summed E-state index contributed by atoms with van der Waals surface area (Å²) in [6, 6.07) is 3.77. The molecule has 1 saturated heterocycles. The molecule has 0 radical (unpaired) electrons. The zero-order valence-electron chi connectivity index (χ0n) is 17.6. The minimum absolute atomic E-state index is 0.0852. The molecule has 0 aliphatic carbocycles. The lowest BCUT2D eigenvalue weighted by Gasteiger charge is -2.27. The van der Waals surface area contributed by atoms with Gasteiger partial charge in [-0.25, -0.2) is 14.4 Å². The molecular formula is C22H26ClNO6. The van der Waals surface area contributed by atoms with Crippen LogP contribution < -0.4 is 10.4 Å². The van der Waals surface area contributed by atoms with E-state index in [0.717, 1.165) is 12.0 Å². The predicted molar refractivity (Wildman–Crippen MR) is 113 cm³/mol. The van der Waals surface area contributed by atoms with E-state index in [1.54, 1.807) is 26.8 Å². The van der Waals surface area contributed by atoms with Gasteiger partial charge in [-0.05, 0) is 51.7 Å². The highest BCUT2D eigenvalue weighted by Crippen LogP contribution is 2.33. The second kappa shape index (κ2) is 8.68. The van der Waals surface area contributed by atoms with Crippen LogP contribution in [0.5, 0.6) is 5.75 Å². The average Bonchev–Trinajstić information content (AvgIpc) is 3.12. The maximum absolute atomic E-state index is 12.8. The largest absolute Gasteiger partial charge is 0.444 e. The summed E-state index contributed by atoms with van der Waals surface area (Å²) in [5, 5.41) is 0.932. The van der Waals surface area contributed by atoms with Crippen molar-refractivity contribution in [1.29, 1.82) is 0 Å². The molecule has 1 aromatic carbocycles. The molecule has 30 heavy (non-hydrogen) atoms. The maximum Gasteiger partial charge on any atom is 0.411 e. The zero-order valence-corrected chi connectivity index (χ0v) is 18.4. The standard InChI is InChI=1S/C22H26ClNO6/c1-5-7-13-10-19(25)28-17-12-18(15(23)11-14(13)17)29-20(26)16-8-6-9-24(16)21(27)30-22(2,3)4/h10-12,16H,5-9H2,1-4H3/t16-/m0/s1. The van der Waals surface area contributed by atoms with Gasteiger partial charge in [-0.15, -0.1) is 0 Å². The molecule has 2 aromatic rings. The van der Waals surface area contributed by atoms with Crippen molar-refractivity contribution in [1.82, 2.24) is 4.90 Å². The average molecular weight is 436 g/mol. The number of fused-ring (bicyclic) bond motifs is 1. The van der Waals surface area contributed by atoms with E-state index in [-0.39, 0.29) is 10.8 Å². The topological polar surface area (TPSA) is 86.0 Å². The third-order valence-electron chi connectivity index (χ3n) is 4.77. The number of amides is 1. The molecule has 2 heterocycles. The zero-order chi connectivity index (χ0) is 22.1. The van der Waals surface area contributed by atoms with Crippen LogP contribution in [-0.4, -0.2) is 35.2 Å². The van der Waals surface area contributed by atoms with Gasteiger partial charge in [-0.2, -0.15) is 0 Å². The first-order chi connectivity index (χ1) is 14.1. The third-order valence-corrected chi connectivity index (χ3v) is 5.06. The van der Waals surface area contributed by atoms with Crippen LogP contribution in [0.15, 0.2) is 27.4 Å². The van der Waals surface area contributed by atoms with Crippen LogP contribution in [0.3, 0.4) is 0 Å². The van der Waals surface area contributed by atoms with Gasteiger partial charge >= 0.3 is 17.7 Å². The molecular weight excluding hydrogens is 410 g/mol. The number of nitrogens with zero attached hydrogens (tertiary/aromatic N) is 1. The Kier molecular flexibility index (Phi) is 6.41. The summed E-state index contributed by atoms with van der Waals surface area (Å²) >= 11 is 6.35. The fraction of sp³-hybridized carbons (Fsp3) is 0.500. The summed E-state index contributed by atoms with van der Waals surface area (Å²) < 4.78 is 16.2. The summed E-state index contributed by atoms with van der Waals surface area (Å²) in [6.45, 7) is 7.72. The quantitative estimate of drug-likeness (QED) is 0.393. The first kappa shape index (κ1) is 22.2. The molecule has 1 amide bonds. The van der Waals surface area contributed by atoms with E-state index in [1.165, 1.54) is 17.0 Å². The summed E-state index contributed by atoms with van der Waals surface area (Å²) in [6.07, 6.45) is 2.14. The molecule has 1 fully saturated rings. The van der Waals surface area contributed by atoms with Gasteiger partial charge in [0.2, 0.25) is 0 Å². The van der Waals surface area contributed by atoms with E-state index in [4.69, 9.17) is 25.5 Å². The lowest BCUT2D eigenvalue weighted by Crippen LogP contribution is -2.44. The fourth-order valence-corrected chi connectivity index (χ4v) is 3.71. The Morgan fingerprint density at radius 3 is 2.67 bits per heavy atom. The smallest absolute Gasteiger partial charge is 0.411 e. The Balaban J connectivity index is 1.84. The highest BCUT2D eigenvalue weighted by molar-refractivity contribution is 6.33. The Morgan fingerprint density at radius 1 is 1.27 bits per heavy atom. The molecule has 0 saturated carbocycles. The van der Waals surface area contributed by atoms with Crippen LogP contribution in [0.25, 0.3) is 11.0 Å². The van der Waals surface area contributed by atoms with Gasteiger partial charge in [0.1, 0.15) is 17.2 Å². The first-order valence-electron chi connectivity index (χ1n) is 10.1. The highest BCUT2D eigenvalue weighted by atomic mass is 35.5.